The summed E-state index contributed by atoms with van der Waals surface area (Å²) in [4.78, 5) is 11.7. The summed E-state index contributed by atoms with van der Waals surface area (Å²) in [5.41, 5.74) is 1.13. The fourth-order valence-corrected chi connectivity index (χ4v) is 1.90. The Morgan fingerprint density at radius 3 is 2.56 bits per heavy atom. The van der Waals surface area contributed by atoms with Crippen LogP contribution in [0.15, 0.2) is 28.7 Å². The van der Waals surface area contributed by atoms with Crippen molar-refractivity contribution in [2.75, 3.05) is 13.1 Å². The van der Waals surface area contributed by atoms with Gasteiger partial charge in [0, 0.05) is 17.6 Å². The maximum atomic E-state index is 11.7. The molecule has 1 aromatic rings. The molecule has 0 aromatic heterocycles. The first kappa shape index (κ1) is 11.6. The number of hydrogen-bond acceptors (Lipinski definition) is 2. The Bertz CT molecular complexity index is 373. The van der Waals surface area contributed by atoms with Gasteiger partial charge in [0.2, 0.25) is 5.91 Å². The third kappa shape index (κ3) is 2.62. The second kappa shape index (κ2) is 4.97. The van der Waals surface area contributed by atoms with Gasteiger partial charge in [0.05, 0.1) is 12.0 Å². The van der Waals surface area contributed by atoms with Crippen molar-refractivity contribution in [3.63, 3.8) is 0 Å². The number of nitrogens with one attached hydrogen (secondary N) is 2. The highest BCUT2D eigenvalue weighted by Gasteiger charge is 2.25. The molecule has 86 valence electrons. The molecule has 0 bridgehead atoms. The van der Waals surface area contributed by atoms with Crippen LogP contribution in [0, 0.1) is 5.92 Å². The largest absolute Gasteiger partial charge is 0.349 e. The predicted octanol–water partition coefficient (Wildman–Crippen LogP) is 1.85. The van der Waals surface area contributed by atoms with E-state index in [-0.39, 0.29) is 17.9 Å². The van der Waals surface area contributed by atoms with Gasteiger partial charge in [-0.2, -0.15) is 0 Å². The zero-order chi connectivity index (χ0) is 11.5. The molecule has 1 aromatic carbocycles. The molecule has 1 fully saturated rings. The zero-order valence-corrected chi connectivity index (χ0v) is 10.8. The fraction of sp³-hybridized carbons (Fsp3) is 0.417. The average Bonchev–Trinajstić information content (AvgIpc) is 2.15. The number of carbonyl (C=O) groups is 1. The van der Waals surface area contributed by atoms with E-state index in [9.17, 15) is 4.79 Å². The Labute approximate surface area is 104 Å². The van der Waals surface area contributed by atoms with Crippen LogP contribution in [0.5, 0.6) is 0 Å². The molecule has 1 atom stereocenters. The van der Waals surface area contributed by atoms with E-state index in [1.807, 2.05) is 31.2 Å². The number of amides is 1. The van der Waals surface area contributed by atoms with Gasteiger partial charge >= 0.3 is 0 Å². The van der Waals surface area contributed by atoms with Crippen LogP contribution in [0.2, 0.25) is 0 Å². The van der Waals surface area contributed by atoms with Gasteiger partial charge in [-0.25, -0.2) is 0 Å². The number of rotatable bonds is 3. The summed E-state index contributed by atoms with van der Waals surface area (Å²) < 4.78 is 1.05. The summed E-state index contributed by atoms with van der Waals surface area (Å²) >= 11 is 3.39. The van der Waals surface area contributed by atoms with E-state index in [2.05, 4.69) is 26.6 Å². The molecular weight excluding hydrogens is 268 g/mol. The molecule has 0 saturated carbocycles. The molecule has 4 heteroatoms. The zero-order valence-electron chi connectivity index (χ0n) is 9.16. The summed E-state index contributed by atoms with van der Waals surface area (Å²) in [7, 11) is 0. The van der Waals surface area contributed by atoms with Crippen molar-refractivity contribution >= 4 is 21.8 Å². The van der Waals surface area contributed by atoms with Gasteiger partial charge in [0.15, 0.2) is 0 Å². The molecule has 2 rings (SSSR count). The van der Waals surface area contributed by atoms with Crippen LogP contribution < -0.4 is 10.6 Å². The molecular formula is C12H15BrN2O. The van der Waals surface area contributed by atoms with E-state index < -0.39 is 0 Å². The highest BCUT2D eigenvalue weighted by atomic mass is 79.9. The fourth-order valence-electron chi connectivity index (χ4n) is 1.64. The van der Waals surface area contributed by atoms with Crippen molar-refractivity contribution in [2.45, 2.75) is 13.0 Å². The highest BCUT2D eigenvalue weighted by Crippen LogP contribution is 2.17. The number of hydrogen-bond donors (Lipinski definition) is 2. The predicted molar refractivity (Wildman–Crippen MR) is 67.1 cm³/mol. The van der Waals surface area contributed by atoms with E-state index in [1.165, 1.54) is 0 Å². The highest BCUT2D eigenvalue weighted by molar-refractivity contribution is 9.10. The molecule has 2 N–H and O–H groups in total. The van der Waals surface area contributed by atoms with Crippen LogP contribution >= 0.6 is 15.9 Å². The lowest BCUT2D eigenvalue weighted by Gasteiger charge is -2.27. The van der Waals surface area contributed by atoms with Crippen LogP contribution in [0.3, 0.4) is 0 Å². The SMILES string of the molecule is C[C@@H](NC(=O)C1CNC1)c1ccc(Br)cc1. The average molecular weight is 283 g/mol. The lowest BCUT2D eigenvalue weighted by molar-refractivity contribution is -0.127. The van der Waals surface area contributed by atoms with Crippen LogP contribution in [0.25, 0.3) is 0 Å². The quantitative estimate of drug-likeness (QED) is 0.889. The van der Waals surface area contributed by atoms with Crippen molar-refractivity contribution in [3.8, 4) is 0 Å². The molecule has 1 heterocycles. The van der Waals surface area contributed by atoms with Gasteiger partial charge in [0.1, 0.15) is 0 Å². The van der Waals surface area contributed by atoms with Gasteiger partial charge in [-0.15, -0.1) is 0 Å². The third-order valence-electron chi connectivity index (χ3n) is 2.88. The summed E-state index contributed by atoms with van der Waals surface area (Å²) in [6, 6.07) is 8.09. The molecule has 0 spiro atoms. The summed E-state index contributed by atoms with van der Waals surface area (Å²) in [6.45, 7) is 3.62. The van der Waals surface area contributed by atoms with Crippen LogP contribution in [-0.4, -0.2) is 19.0 Å². The number of halogens is 1. The standard InChI is InChI=1S/C12H15BrN2O/c1-8(9-2-4-11(13)5-3-9)15-12(16)10-6-14-7-10/h2-5,8,10,14H,6-7H2,1H3,(H,15,16)/t8-/m1/s1. The van der Waals surface area contributed by atoms with Crippen LogP contribution in [0.1, 0.15) is 18.5 Å². The van der Waals surface area contributed by atoms with Crippen molar-refractivity contribution in [1.29, 1.82) is 0 Å². The second-order valence-corrected chi connectivity index (χ2v) is 5.05. The molecule has 1 saturated heterocycles. The van der Waals surface area contributed by atoms with Gasteiger partial charge in [-0.05, 0) is 24.6 Å². The normalized spacial score (nSPS) is 17.6. The van der Waals surface area contributed by atoms with E-state index >= 15 is 0 Å². The van der Waals surface area contributed by atoms with Crippen molar-refractivity contribution in [2.24, 2.45) is 5.92 Å². The Kier molecular flexibility index (Phi) is 3.61. The van der Waals surface area contributed by atoms with Crippen molar-refractivity contribution in [1.82, 2.24) is 10.6 Å². The molecule has 0 aliphatic carbocycles. The maximum Gasteiger partial charge on any atom is 0.226 e. The number of carbonyl (C=O) groups excluding carboxylic acids is 1. The Balaban J connectivity index is 1.94. The first-order chi connectivity index (χ1) is 7.66. The van der Waals surface area contributed by atoms with Gasteiger partial charge in [-0.1, -0.05) is 28.1 Å². The van der Waals surface area contributed by atoms with Gasteiger partial charge in [0.25, 0.3) is 0 Å². The second-order valence-electron chi connectivity index (χ2n) is 4.14. The summed E-state index contributed by atoms with van der Waals surface area (Å²) in [5.74, 6) is 0.298. The molecule has 3 nitrogen and oxygen atoms in total. The van der Waals surface area contributed by atoms with Crippen molar-refractivity contribution < 1.29 is 4.79 Å². The van der Waals surface area contributed by atoms with Gasteiger partial charge in [-0.3, -0.25) is 4.79 Å². The van der Waals surface area contributed by atoms with E-state index in [0.717, 1.165) is 23.1 Å². The lowest BCUT2D eigenvalue weighted by Crippen LogP contribution is -2.51. The first-order valence-electron chi connectivity index (χ1n) is 5.43. The molecule has 1 amide bonds. The minimum atomic E-state index is 0.0706. The molecule has 16 heavy (non-hydrogen) atoms. The topological polar surface area (TPSA) is 41.1 Å². The van der Waals surface area contributed by atoms with Crippen molar-refractivity contribution in [3.05, 3.63) is 34.3 Å². The molecule has 0 unspecified atom stereocenters. The monoisotopic (exact) mass is 282 g/mol. The molecule has 0 radical (unpaired) electrons. The smallest absolute Gasteiger partial charge is 0.226 e. The Morgan fingerprint density at radius 2 is 2.06 bits per heavy atom. The summed E-state index contributed by atoms with van der Waals surface area (Å²) in [6.07, 6.45) is 0. The molecule has 1 aliphatic heterocycles. The van der Waals surface area contributed by atoms with Crippen LogP contribution in [-0.2, 0) is 4.79 Å². The minimum absolute atomic E-state index is 0.0706. The van der Waals surface area contributed by atoms with E-state index in [4.69, 9.17) is 0 Å². The van der Waals surface area contributed by atoms with Gasteiger partial charge < -0.3 is 10.6 Å². The summed E-state index contributed by atoms with van der Waals surface area (Å²) in [5, 5.41) is 6.12. The third-order valence-corrected chi connectivity index (χ3v) is 3.41. The number of benzene rings is 1. The first-order valence-corrected chi connectivity index (χ1v) is 6.22. The minimum Gasteiger partial charge on any atom is -0.349 e. The molecule has 1 aliphatic rings. The van der Waals surface area contributed by atoms with E-state index in [1.54, 1.807) is 0 Å². The van der Waals surface area contributed by atoms with E-state index in [0.29, 0.717) is 0 Å². The lowest BCUT2D eigenvalue weighted by atomic mass is 10.0. The Hall–Kier alpha value is -0.870. The maximum absolute atomic E-state index is 11.7. The van der Waals surface area contributed by atoms with Crippen LogP contribution in [0.4, 0.5) is 0 Å². The Morgan fingerprint density at radius 1 is 1.44 bits per heavy atom.